The molecule has 0 unspecified atom stereocenters. The number of halogens is 1. The second-order valence-corrected chi connectivity index (χ2v) is 7.61. The lowest BCUT2D eigenvalue weighted by atomic mass is 10.0. The maximum Gasteiger partial charge on any atom is 0.181 e. The topological polar surface area (TPSA) is 69.7 Å². The smallest absolute Gasteiger partial charge is 0.181 e. The first kappa shape index (κ1) is 17.2. The maximum absolute atomic E-state index is 6.46. The molecule has 2 N–H and O–H groups in total. The largest absolute Gasteiger partial charge is 0.354 e. The molecule has 1 fully saturated rings. The lowest BCUT2D eigenvalue weighted by Gasteiger charge is -2.35. The van der Waals surface area contributed by atoms with E-state index in [-0.39, 0.29) is 0 Å². The van der Waals surface area contributed by atoms with Gasteiger partial charge in [-0.05, 0) is 36.6 Å². The van der Waals surface area contributed by atoms with Crippen LogP contribution in [0.4, 0.5) is 5.82 Å². The number of aromatic amines is 1. The summed E-state index contributed by atoms with van der Waals surface area (Å²) in [4.78, 5) is 11.5. The highest BCUT2D eigenvalue weighted by Gasteiger charge is 2.22. The Morgan fingerprint density at radius 3 is 3.04 bits per heavy atom. The number of hydrogen-bond acceptors (Lipinski definition) is 5. The minimum atomic E-state index is 0.488. The molecule has 136 valence electrons. The normalized spacial score (nSPS) is 18.0. The van der Waals surface area contributed by atoms with Gasteiger partial charge >= 0.3 is 0 Å². The van der Waals surface area contributed by atoms with Gasteiger partial charge in [0.25, 0.3) is 0 Å². The molecule has 4 heterocycles. The summed E-state index contributed by atoms with van der Waals surface area (Å²) in [5, 5.41) is 12.5. The number of H-pyrrole nitrogens is 1. The van der Waals surface area contributed by atoms with Crippen molar-refractivity contribution in [3.05, 3.63) is 35.5 Å². The fraction of sp³-hybridized carbons (Fsp3) is 0.421. The van der Waals surface area contributed by atoms with E-state index >= 15 is 0 Å². The molecule has 0 spiro atoms. The molecule has 26 heavy (non-hydrogen) atoms. The summed E-state index contributed by atoms with van der Waals surface area (Å²) < 4.78 is 0. The quantitative estimate of drug-likeness (QED) is 0.735. The van der Waals surface area contributed by atoms with Crippen LogP contribution in [0.15, 0.2) is 30.5 Å². The van der Waals surface area contributed by atoms with Crippen molar-refractivity contribution >= 4 is 28.5 Å². The van der Waals surface area contributed by atoms with Gasteiger partial charge in [-0.15, -0.1) is 0 Å². The van der Waals surface area contributed by atoms with Crippen LogP contribution in [0.2, 0.25) is 5.02 Å². The lowest BCUT2D eigenvalue weighted by molar-refractivity contribution is 0.387. The van der Waals surface area contributed by atoms with Crippen molar-refractivity contribution in [1.29, 1.82) is 0 Å². The van der Waals surface area contributed by atoms with Crippen molar-refractivity contribution in [2.24, 2.45) is 5.92 Å². The number of aromatic nitrogens is 4. The van der Waals surface area contributed by atoms with E-state index in [1.54, 1.807) is 6.20 Å². The van der Waals surface area contributed by atoms with Crippen LogP contribution in [0.5, 0.6) is 0 Å². The zero-order valence-corrected chi connectivity index (χ0v) is 15.8. The summed E-state index contributed by atoms with van der Waals surface area (Å²) in [6.45, 7) is 7.38. The van der Waals surface area contributed by atoms with Crippen LogP contribution >= 0.6 is 11.6 Å². The summed E-state index contributed by atoms with van der Waals surface area (Å²) in [5.41, 5.74) is 2.21. The third kappa shape index (κ3) is 3.39. The van der Waals surface area contributed by atoms with Gasteiger partial charge in [-0.2, -0.15) is 5.10 Å². The number of pyridine rings is 2. The molecule has 1 aliphatic rings. The summed E-state index contributed by atoms with van der Waals surface area (Å²) in [6, 6.07) is 8.28. The number of piperazine rings is 1. The van der Waals surface area contributed by atoms with Crippen molar-refractivity contribution in [1.82, 2.24) is 25.5 Å². The molecule has 1 aliphatic heterocycles. The maximum atomic E-state index is 6.46. The van der Waals surface area contributed by atoms with E-state index in [4.69, 9.17) is 16.6 Å². The minimum absolute atomic E-state index is 0.488. The summed E-state index contributed by atoms with van der Waals surface area (Å²) in [5.74, 6) is 1.62. The minimum Gasteiger partial charge on any atom is -0.354 e. The average molecular weight is 371 g/mol. The molecule has 6 nitrogen and oxygen atoms in total. The first-order chi connectivity index (χ1) is 12.6. The Bertz CT molecular complexity index is 906. The van der Waals surface area contributed by atoms with Gasteiger partial charge < -0.3 is 10.2 Å². The van der Waals surface area contributed by atoms with Crippen molar-refractivity contribution in [2.75, 3.05) is 24.5 Å². The highest BCUT2D eigenvalue weighted by Crippen LogP contribution is 2.31. The van der Waals surface area contributed by atoms with E-state index in [9.17, 15) is 0 Å². The van der Waals surface area contributed by atoms with Crippen molar-refractivity contribution < 1.29 is 0 Å². The molecule has 1 saturated heterocycles. The molecule has 0 aromatic carbocycles. The first-order valence-electron chi connectivity index (χ1n) is 9.06. The van der Waals surface area contributed by atoms with Crippen molar-refractivity contribution in [3.8, 4) is 11.4 Å². The highest BCUT2D eigenvalue weighted by atomic mass is 35.5. The van der Waals surface area contributed by atoms with Crippen LogP contribution in [0.1, 0.15) is 20.3 Å². The van der Waals surface area contributed by atoms with Gasteiger partial charge in [-0.1, -0.05) is 25.4 Å². The first-order valence-corrected chi connectivity index (χ1v) is 9.44. The van der Waals surface area contributed by atoms with E-state index < -0.39 is 0 Å². The summed E-state index contributed by atoms with van der Waals surface area (Å²) >= 11 is 6.46. The number of hydrogen-bond donors (Lipinski definition) is 2. The number of nitrogens with one attached hydrogen (secondary N) is 2. The zero-order valence-electron chi connectivity index (χ0n) is 15.0. The molecular weight excluding hydrogens is 348 g/mol. The number of rotatable bonds is 4. The standard InChI is InChI=1S/C19H23ClN6/c1-12(2)10-13-11-26(9-8-21-13)16-6-5-15(20)18(23-16)17-14-4-3-7-22-19(14)25-24-17/h3-7,12-13,21H,8-11H2,1-2H3,(H,22,24,25)/t13-/m1/s1. The molecular formula is C19H23ClN6. The second kappa shape index (κ2) is 7.21. The monoisotopic (exact) mass is 370 g/mol. The van der Waals surface area contributed by atoms with Gasteiger partial charge in [0.1, 0.15) is 11.5 Å². The van der Waals surface area contributed by atoms with E-state index in [1.807, 2.05) is 24.3 Å². The van der Waals surface area contributed by atoms with Crippen LogP contribution in [-0.2, 0) is 0 Å². The molecule has 4 rings (SSSR count). The molecule has 0 saturated carbocycles. The molecule has 0 radical (unpaired) electrons. The number of anilines is 1. The van der Waals surface area contributed by atoms with Gasteiger partial charge in [0.05, 0.1) is 10.7 Å². The molecule has 0 aliphatic carbocycles. The van der Waals surface area contributed by atoms with Gasteiger partial charge in [0.2, 0.25) is 0 Å². The highest BCUT2D eigenvalue weighted by molar-refractivity contribution is 6.33. The van der Waals surface area contributed by atoms with Crippen molar-refractivity contribution in [2.45, 2.75) is 26.3 Å². The molecule has 7 heteroatoms. The Labute approximate surface area is 158 Å². The lowest BCUT2D eigenvalue weighted by Crippen LogP contribution is -2.51. The Hall–Kier alpha value is -2.18. The van der Waals surface area contributed by atoms with E-state index in [2.05, 4.69) is 39.2 Å². The zero-order chi connectivity index (χ0) is 18.1. The van der Waals surface area contributed by atoms with E-state index in [1.165, 1.54) is 0 Å². The molecule has 3 aromatic rings. The van der Waals surface area contributed by atoms with Gasteiger partial charge in [0.15, 0.2) is 5.65 Å². The number of fused-ring (bicyclic) bond motifs is 1. The van der Waals surface area contributed by atoms with Crippen LogP contribution in [0.25, 0.3) is 22.4 Å². The van der Waals surface area contributed by atoms with Crippen LogP contribution in [0, 0.1) is 5.92 Å². The molecule has 0 amide bonds. The Morgan fingerprint density at radius 1 is 1.31 bits per heavy atom. The van der Waals surface area contributed by atoms with Crippen LogP contribution in [0.3, 0.4) is 0 Å². The van der Waals surface area contributed by atoms with E-state index in [0.29, 0.717) is 22.6 Å². The van der Waals surface area contributed by atoms with Crippen LogP contribution in [-0.4, -0.2) is 45.8 Å². The van der Waals surface area contributed by atoms with Crippen LogP contribution < -0.4 is 10.2 Å². The molecule has 3 aromatic heterocycles. The summed E-state index contributed by atoms with van der Waals surface area (Å²) in [7, 11) is 0. The predicted octanol–water partition coefficient (Wildman–Crippen LogP) is 3.50. The van der Waals surface area contributed by atoms with Gasteiger partial charge in [0, 0.05) is 37.3 Å². The second-order valence-electron chi connectivity index (χ2n) is 7.20. The Morgan fingerprint density at radius 2 is 2.19 bits per heavy atom. The molecule has 1 atom stereocenters. The van der Waals surface area contributed by atoms with Gasteiger partial charge in [-0.3, -0.25) is 5.10 Å². The van der Waals surface area contributed by atoms with E-state index in [0.717, 1.165) is 48.6 Å². The van der Waals surface area contributed by atoms with Gasteiger partial charge in [-0.25, -0.2) is 9.97 Å². The fourth-order valence-corrected chi connectivity index (χ4v) is 3.77. The number of nitrogens with zero attached hydrogens (tertiary/aromatic N) is 4. The predicted molar refractivity (Wildman–Crippen MR) is 106 cm³/mol. The Balaban J connectivity index is 1.66. The fourth-order valence-electron chi connectivity index (χ4n) is 3.57. The third-order valence-corrected chi connectivity index (χ3v) is 5.04. The third-order valence-electron chi connectivity index (χ3n) is 4.73. The summed E-state index contributed by atoms with van der Waals surface area (Å²) in [6.07, 6.45) is 2.89. The average Bonchev–Trinajstić information content (AvgIpc) is 3.06. The molecule has 0 bridgehead atoms. The van der Waals surface area contributed by atoms with Crippen molar-refractivity contribution in [3.63, 3.8) is 0 Å². The SMILES string of the molecule is CC(C)C[C@@H]1CN(c2ccc(Cl)c(-c3[nH]nc4ncccc34)n2)CCN1. The Kier molecular flexibility index (Phi) is 4.78.